The fourth-order valence-electron chi connectivity index (χ4n) is 2.04. The Morgan fingerprint density at radius 2 is 1.40 bits per heavy atom. The van der Waals surface area contributed by atoms with E-state index >= 15 is 0 Å². The Hall–Kier alpha value is -2.99. The van der Waals surface area contributed by atoms with E-state index in [9.17, 15) is 0 Å². The van der Waals surface area contributed by atoms with Gasteiger partial charge in [-0.15, -0.1) is 0 Å². The van der Waals surface area contributed by atoms with Gasteiger partial charge in [-0.25, -0.2) is 9.97 Å². The van der Waals surface area contributed by atoms with Crippen LogP contribution in [0.3, 0.4) is 0 Å². The summed E-state index contributed by atoms with van der Waals surface area (Å²) in [7, 11) is 0. The third kappa shape index (κ3) is 2.40. The van der Waals surface area contributed by atoms with Crippen molar-refractivity contribution in [1.82, 2.24) is 9.97 Å². The Morgan fingerprint density at radius 3 is 2.10 bits per heavy atom. The van der Waals surface area contributed by atoms with Crippen LogP contribution >= 0.6 is 0 Å². The summed E-state index contributed by atoms with van der Waals surface area (Å²) in [6, 6.07) is 22.1. The first-order valence-electron chi connectivity index (χ1n) is 6.26. The van der Waals surface area contributed by atoms with Crippen molar-refractivity contribution in [3.63, 3.8) is 0 Å². The van der Waals surface area contributed by atoms with Gasteiger partial charge in [-0.3, -0.25) is 0 Å². The van der Waals surface area contributed by atoms with Crippen molar-refractivity contribution in [2.45, 2.75) is 0 Å². The quantitative estimate of drug-likeness (QED) is 0.703. The summed E-state index contributed by atoms with van der Waals surface area (Å²) in [4.78, 5) is 8.07. The summed E-state index contributed by atoms with van der Waals surface area (Å²) in [5.74, 6) is 0.189. The number of rotatable bonds is 2. The van der Waals surface area contributed by atoms with E-state index in [4.69, 9.17) is 5.26 Å². The molecule has 0 aliphatic rings. The first-order valence-corrected chi connectivity index (χ1v) is 6.26. The smallest absolute Gasteiger partial charge is 0.227 e. The molecule has 1 aromatic heterocycles. The van der Waals surface area contributed by atoms with E-state index in [0.717, 1.165) is 16.8 Å². The molecule has 0 N–H and O–H groups in total. The van der Waals surface area contributed by atoms with Crippen molar-refractivity contribution in [1.29, 1.82) is 5.26 Å². The number of aromatic nitrogens is 2. The zero-order chi connectivity index (χ0) is 13.8. The molecule has 3 rings (SSSR count). The average Bonchev–Trinajstić information content (AvgIpc) is 2.56. The molecule has 3 heteroatoms. The Kier molecular flexibility index (Phi) is 3.22. The van der Waals surface area contributed by atoms with E-state index in [2.05, 4.69) is 34.2 Å². The van der Waals surface area contributed by atoms with E-state index in [0.29, 0.717) is 0 Å². The minimum Gasteiger partial charge on any atom is -0.227 e. The van der Waals surface area contributed by atoms with Gasteiger partial charge in [0.15, 0.2) is 0 Å². The first-order chi connectivity index (χ1) is 9.86. The fourth-order valence-corrected chi connectivity index (χ4v) is 2.04. The van der Waals surface area contributed by atoms with Crippen molar-refractivity contribution in [2.75, 3.05) is 0 Å². The van der Waals surface area contributed by atoms with Gasteiger partial charge in [0.2, 0.25) is 5.82 Å². The molecule has 0 aliphatic carbocycles. The van der Waals surface area contributed by atoms with Crippen LogP contribution in [0.25, 0.3) is 22.4 Å². The van der Waals surface area contributed by atoms with Gasteiger partial charge in [0.1, 0.15) is 6.07 Å². The second-order valence-electron chi connectivity index (χ2n) is 4.32. The van der Waals surface area contributed by atoms with Crippen LogP contribution in [0.2, 0.25) is 0 Å². The molecule has 0 fully saturated rings. The van der Waals surface area contributed by atoms with Gasteiger partial charge in [0.25, 0.3) is 0 Å². The minimum absolute atomic E-state index is 0.189. The lowest BCUT2D eigenvalue weighted by Crippen LogP contribution is -1.90. The summed E-state index contributed by atoms with van der Waals surface area (Å²) in [5.41, 5.74) is 4.07. The van der Waals surface area contributed by atoms with Gasteiger partial charge in [0, 0.05) is 11.8 Å². The number of hydrogen-bond donors (Lipinski definition) is 0. The topological polar surface area (TPSA) is 49.6 Å². The van der Waals surface area contributed by atoms with E-state index < -0.39 is 0 Å². The highest BCUT2D eigenvalue weighted by Gasteiger charge is 2.02. The normalized spacial score (nSPS) is 9.95. The van der Waals surface area contributed by atoms with Crippen molar-refractivity contribution in [2.24, 2.45) is 0 Å². The van der Waals surface area contributed by atoms with Crippen molar-refractivity contribution < 1.29 is 0 Å². The Morgan fingerprint density at radius 1 is 0.750 bits per heavy atom. The second kappa shape index (κ2) is 5.33. The standard InChI is InChI=1S/C17H11N3/c18-12-17-19-11-10-16(20-17)15-8-6-14(7-9-15)13-4-2-1-3-5-13/h1-11H. The van der Waals surface area contributed by atoms with Crippen molar-refractivity contribution >= 4 is 0 Å². The molecule has 0 unspecified atom stereocenters. The molecule has 0 saturated carbocycles. The van der Waals surface area contributed by atoms with Crippen LogP contribution in [0.15, 0.2) is 66.9 Å². The third-order valence-corrected chi connectivity index (χ3v) is 3.04. The maximum atomic E-state index is 8.83. The maximum absolute atomic E-state index is 8.83. The van der Waals surface area contributed by atoms with Crippen LogP contribution in [0.5, 0.6) is 0 Å². The molecule has 94 valence electrons. The molecule has 1 heterocycles. The molecule has 0 saturated heterocycles. The first kappa shape index (κ1) is 12.1. The average molecular weight is 257 g/mol. The van der Waals surface area contributed by atoms with Crippen LogP contribution in [0.1, 0.15) is 5.82 Å². The third-order valence-electron chi connectivity index (χ3n) is 3.04. The molecule has 0 spiro atoms. The zero-order valence-electron chi connectivity index (χ0n) is 10.7. The van der Waals surface area contributed by atoms with E-state index in [1.54, 1.807) is 12.3 Å². The highest BCUT2D eigenvalue weighted by molar-refractivity contribution is 5.68. The SMILES string of the molecule is N#Cc1nccc(-c2ccc(-c3ccccc3)cc2)n1. The molecule has 3 aromatic rings. The van der Waals surface area contributed by atoms with Gasteiger partial charge in [-0.1, -0.05) is 54.6 Å². The van der Waals surface area contributed by atoms with Crippen LogP contribution in [0.4, 0.5) is 0 Å². The maximum Gasteiger partial charge on any atom is 0.232 e. The van der Waals surface area contributed by atoms with Crippen LogP contribution in [0, 0.1) is 11.3 Å². The summed E-state index contributed by atoms with van der Waals surface area (Å²) in [5, 5.41) is 8.83. The molecule has 0 amide bonds. The van der Waals surface area contributed by atoms with Crippen LogP contribution < -0.4 is 0 Å². The fraction of sp³-hybridized carbons (Fsp3) is 0. The summed E-state index contributed by atoms with van der Waals surface area (Å²) >= 11 is 0. The summed E-state index contributed by atoms with van der Waals surface area (Å²) < 4.78 is 0. The van der Waals surface area contributed by atoms with Gasteiger partial charge >= 0.3 is 0 Å². The molecular weight excluding hydrogens is 246 g/mol. The Bertz CT molecular complexity index is 756. The van der Waals surface area contributed by atoms with Crippen LogP contribution in [-0.4, -0.2) is 9.97 Å². The van der Waals surface area contributed by atoms with Gasteiger partial charge < -0.3 is 0 Å². The Labute approximate surface area is 117 Å². The molecular formula is C17H11N3. The minimum atomic E-state index is 0.189. The van der Waals surface area contributed by atoms with Crippen molar-refractivity contribution in [3.05, 3.63) is 72.7 Å². The number of benzene rings is 2. The molecule has 0 bridgehead atoms. The number of hydrogen-bond acceptors (Lipinski definition) is 3. The highest BCUT2D eigenvalue weighted by atomic mass is 14.9. The Balaban J connectivity index is 1.96. The largest absolute Gasteiger partial charge is 0.232 e. The van der Waals surface area contributed by atoms with Crippen LogP contribution in [-0.2, 0) is 0 Å². The van der Waals surface area contributed by atoms with E-state index in [1.807, 2.05) is 36.4 Å². The number of nitrogens with zero attached hydrogens (tertiary/aromatic N) is 3. The number of nitriles is 1. The molecule has 0 radical (unpaired) electrons. The van der Waals surface area contributed by atoms with Gasteiger partial charge in [-0.2, -0.15) is 5.26 Å². The lowest BCUT2D eigenvalue weighted by atomic mass is 10.0. The lowest BCUT2D eigenvalue weighted by Gasteiger charge is -2.04. The zero-order valence-corrected chi connectivity index (χ0v) is 10.7. The second-order valence-corrected chi connectivity index (χ2v) is 4.32. The van der Waals surface area contributed by atoms with Crippen molar-refractivity contribution in [3.8, 4) is 28.5 Å². The highest BCUT2D eigenvalue weighted by Crippen LogP contribution is 2.23. The molecule has 2 aromatic carbocycles. The molecule has 20 heavy (non-hydrogen) atoms. The van der Waals surface area contributed by atoms with Gasteiger partial charge in [0.05, 0.1) is 5.69 Å². The summed E-state index contributed by atoms with van der Waals surface area (Å²) in [6.07, 6.45) is 1.60. The lowest BCUT2D eigenvalue weighted by molar-refractivity contribution is 1.12. The van der Waals surface area contributed by atoms with E-state index in [1.165, 1.54) is 5.56 Å². The molecule has 3 nitrogen and oxygen atoms in total. The predicted octanol–water partition coefficient (Wildman–Crippen LogP) is 3.68. The molecule has 0 atom stereocenters. The summed E-state index contributed by atoms with van der Waals surface area (Å²) in [6.45, 7) is 0. The van der Waals surface area contributed by atoms with Gasteiger partial charge in [-0.05, 0) is 17.2 Å². The van der Waals surface area contributed by atoms with E-state index in [-0.39, 0.29) is 5.82 Å². The predicted molar refractivity (Wildman–Crippen MR) is 77.6 cm³/mol. The molecule has 0 aliphatic heterocycles. The monoisotopic (exact) mass is 257 g/mol.